The number of imidazole rings is 1. The standard InChI is InChI=1S/C25H25F2N3O4S/c1-2-3-24-28-22-14-20(10-13-23(22)29(24)16-25(31)32)30(15-17-4-6-18(26)7-5-17)35(33,34)21-11-8-19(27)9-12-21/h4-8,10-11,13-14H,2-3,9,12,15-16H2,1H3,(H,31,32). The molecule has 10 heteroatoms. The molecule has 1 N–H and O–H groups in total. The third kappa shape index (κ3) is 5.27. The van der Waals surface area contributed by atoms with Gasteiger partial charge in [-0.15, -0.1) is 0 Å². The summed E-state index contributed by atoms with van der Waals surface area (Å²) in [6.07, 6.45) is 3.78. The number of sulfonamides is 1. The van der Waals surface area contributed by atoms with Crippen molar-refractivity contribution in [2.75, 3.05) is 4.31 Å². The van der Waals surface area contributed by atoms with E-state index < -0.39 is 21.8 Å². The second-order valence-electron chi connectivity index (χ2n) is 8.32. The van der Waals surface area contributed by atoms with E-state index in [-0.39, 0.29) is 36.7 Å². The lowest BCUT2D eigenvalue weighted by Gasteiger charge is -2.26. The SMILES string of the molecule is CCCc1nc2cc(N(Cc3ccc(F)cc3)S(=O)(=O)C3=CC=C(F)CC3)ccc2n1CC(=O)O. The Balaban J connectivity index is 1.82. The fraction of sp³-hybridized carbons (Fsp3) is 0.280. The zero-order chi connectivity index (χ0) is 25.2. The normalized spacial score (nSPS) is 14.0. The lowest BCUT2D eigenvalue weighted by molar-refractivity contribution is -0.137. The van der Waals surface area contributed by atoms with E-state index in [4.69, 9.17) is 0 Å². The van der Waals surface area contributed by atoms with Crippen molar-refractivity contribution in [1.82, 2.24) is 9.55 Å². The van der Waals surface area contributed by atoms with Crippen LogP contribution in [0.3, 0.4) is 0 Å². The van der Waals surface area contributed by atoms with Crippen molar-refractivity contribution in [3.8, 4) is 0 Å². The summed E-state index contributed by atoms with van der Waals surface area (Å²) in [5, 5.41) is 9.33. The molecule has 3 aromatic rings. The van der Waals surface area contributed by atoms with Crippen LogP contribution in [0.2, 0.25) is 0 Å². The van der Waals surface area contributed by atoms with Crippen molar-refractivity contribution in [3.05, 3.63) is 82.6 Å². The van der Waals surface area contributed by atoms with Gasteiger partial charge in [0.2, 0.25) is 0 Å². The molecule has 0 saturated heterocycles. The smallest absolute Gasteiger partial charge is 0.323 e. The number of aryl methyl sites for hydroxylation is 1. The summed E-state index contributed by atoms with van der Waals surface area (Å²) in [5.41, 5.74) is 1.94. The summed E-state index contributed by atoms with van der Waals surface area (Å²) in [4.78, 5) is 16.0. The van der Waals surface area contributed by atoms with Crippen molar-refractivity contribution in [3.63, 3.8) is 0 Å². The third-order valence-electron chi connectivity index (χ3n) is 5.79. The van der Waals surface area contributed by atoms with Gasteiger partial charge in [-0.2, -0.15) is 0 Å². The minimum atomic E-state index is -4.05. The highest BCUT2D eigenvalue weighted by Gasteiger charge is 2.29. The van der Waals surface area contributed by atoms with Gasteiger partial charge in [-0.1, -0.05) is 19.1 Å². The molecule has 0 radical (unpaired) electrons. The second kappa shape index (κ2) is 9.99. The predicted molar refractivity (Wildman–Crippen MR) is 129 cm³/mol. The molecule has 0 aliphatic heterocycles. The van der Waals surface area contributed by atoms with E-state index >= 15 is 0 Å². The van der Waals surface area contributed by atoms with E-state index in [2.05, 4.69) is 4.98 Å². The van der Waals surface area contributed by atoms with E-state index in [1.165, 1.54) is 34.6 Å². The lowest BCUT2D eigenvalue weighted by Crippen LogP contribution is -2.32. The number of hydrogen-bond acceptors (Lipinski definition) is 4. The molecule has 1 heterocycles. The van der Waals surface area contributed by atoms with Crippen LogP contribution in [-0.2, 0) is 34.3 Å². The molecule has 0 atom stereocenters. The molecule has 1 aromatic heterocycles. The average molecular weight is 502 g/mol. The highest BCUT2D eigenvalue weighted by Crippen LogP contribution is 2.32. The third-order valence-corrected chi connectivity index (χ3v) is 7.71. The molecule has 0 fully saturated rings. The van der Waals surface area contributed by atoms with E-state index in [9.17, 15) is 27.1 Å². The molecule has 184 valence electrons. The van der Waals surface area contributed by atoms with Gasteiger partial charge in [-0.05, 0) is 60.9 Å². The van der Waals surface area contributed by atoms with Gasteiger partial charge in [0.15, 0.2) is 0 Å². The first-order valence-electron chi connectivity index (χ1n) is 11.2. The molecular weight excluding hydrogens is 476 g/mol. The number of aliphatic carboxylic acids is 1. The molecule has 0 spiro atoms. The number of carbonyl (C=O) groups is 1. The maximum atomic E-state index is 13.6. The highest BCUT2D eigenvalue weighted by atomic mass is 32.2. The van der Waals surface area contributed by atoms with Crippen LogP contribution >= 0.6 is 0 Å². The fourth-order valence-corrected chi connectivity index (χ4v) is 5.66. The number of fused-ring (bicyclic) bond motifs is 1. The van der Waals surface area contributed by atoms with Gasteiger partial charge in [0.05, 0.1) is 28.2 Å². The summed E-state index contributed by atoms with van der Waals surface area (Å²) in [7, 11) is -4.05. The number of halogens is 2. The zero-order valence-corrected chi connectivity index (χ0v) is 19.9. The van der Waals surface area contributed by atoms with Crippen LogP contribution in [0.5, 0.6) is 0 Å². The number of anilines is 1. The summed E-state index contributed by atoms with van der Waals surface area (Å²) >= 11 is 0. The van der Waals surface area contributed by atoms with E-state index in [0.29, 0.717) is 34.5 Å². The molecule has 7 nitrogen and oxygen atoms in total. The predicted octanol–water partition coefficient (Wildman–Crippen LogP) is 5.08. The molecule has 1 aliphatic rings. The van der Waals surface area contributed by atoms with Crippen molar-refractivity contribution in [2.24, 2.45) is 0 Å². The van der Waals surface area contributed by atoms with Gasteiger partial charge in [0.25, 0.3) is 10.0 Å². The Morgan fingerprint density at radius 2 is 1.86 bits per heavy atom. The number of carboxylic acid groups (broad SMARTS) is 1. The van der Waals surface area contributed by atoms with E-state index in [1.54, 1.807) is 22.8 Å². The number of rotatable bonds is 9. The van der Waals surface area contributed by atoms with E-state index in [0.717, 1.165) is 12.5 Å². The fourth-order valence-electron chi connectivity index (χ4n) is 4.07. The Bertz CT molecular complexity index is 1430. The first-order valence-corrected chi connectivity index (χ1v) is 12.7. The Labute approximate surface area is 202 Å². The van der Waals surface area contributed by atoms with Crippen LogP contribution in [0.4, 0.5) is 14.5 Å². The van der Waals surface area contributed by atoms with Gasteiger partial charge >= 0.3 is 5.97 Å². The molecule has 1 aliphatic carbocycles. The summed E-state index contributed by atoms with van der Waals surface area (Å²) in [6, 6.07) is 10.4. The zero-order valence-electron chi connectivity index (χ0n) is 19.1. The maximum absolute atomic E-state index is 13.6. The van der Waals surface area contributed by atoms with Crippen molar-refractivity contribution in [2.45, 2.75) is 45.7 Å². The second-order valence-corrected chi connectivity index (χ2v) is 10.2. The van der Waals surface area contributed by atoms with Crippen LogP contribution in [0.15, 0.2) is 65.3 Å². The maximum Gasteiger partial charge on any atom is 0.323 e. The van der Waals surface area contributed by atoms with Gasteiger partial charge < -0.3 is 9.67 Å². The van der Waals surface area contributed by atoms with Gasteiger partial charge in [-0.25, -0.2) is 22.2 Å². The largest absolute Gasteiger partial charge is 0.480 e. The van der Waals surface area contributed by atoms with Crippen molar-refractivity contribution < 1.29 is 27.1 Å². The van der Waals surface area contributed by atoms with Crippen molar-refractivity contribution in [1.29, 1.82) is 0 Å². The van der Waals surface area contributed by atoms with Crippen LogP contribution in [0.25, 0.3) is 11.0 Å². The minimum Gasteiger partial charge on any atom is -0.480 e. The molecule has 0 amide bonds. The van der Waals surface area contributed by atoms with Gasteiger partial charge in [0.1, 0.15) is 24.0 Å². The van der Waals surface area contributed by atoms with Crippen LogP contribution in [0.1, 0.15) is 37.6 Å². The highest BCUT2D eigenvalue weighted by molar-refractivity contribution is 7.96. The molecule has 0 bridgehead atoms. The lowest BCUT2D eigenvalue weighted by atomic mass is 10.2. The van der Waals surface area contributed by atoms with Crippen LogP contribution in [0, 0.1) is 5.82 Å². The van der Waals surface area contributed by atoms with Crippen LogP contribution in [-0.4, -0.2) is 29.0 Å². The van der Waals surface area contributed by atoms with Gasteiger partial charge in [0, 0.05) is 12.8 Å². The Hall–Kier alpha value is -3.53. The monoisotopic (exact) mass is 501 g/mol. The minimum absolute atomic E-state index is 0.00550. The topological polar surface area (TPSA) is 92.5 Å². The Kier molecular flexibility index (Phi) is 7.02. The van der Waals surface area contributed by atoms with E-state index in [1.807, 2.05) is 6.92 Å². The summed E-state index contributed by atoms with van der Waals surface area (Å²) < 4.78 is 57.1. The molecule has 0 unspecified atom stereocenters. The number of hydrogen-bond donors (Lipinski definition) is 1. The number of aromatic nitrogens is 2. The Morgan fingerprint density at radius 3 is 2.49 bits per heavy atom. The number of carboxylic acids is 1. The number of nitrogens with zero attached hydrogens (tertiary/aromatic N) is 3. The summed E-state index contributed by atoms with van der Waals surface area (Å²) in [6.45, 7) is 1.63. The molecule has 4 rings (SSSR count). The Morgan fingerprint density at radius 1 is 1.11 bits per heavy atom. The number of allylic oxidation sites excluding steroid dienone is 4. The van der Waals surface area contributed by atoms with Crippen molar-refractivity contribution >= 4 is 32.7 Å². The summed E-state index contributed by atoms with van der Waals surface area (Å²) in [5.74, 6) is -1.23. The van der Waals surface area contributed by atoms with Gasteiger partial charge in [-0.3, -0.25) is 9.10 Å². The average Bonchev–Trinajstić information content (AvgIpc) is 3.14. The molecule has 35 heavy (non-hydrogen) atoms. The molecule has 0 saturated carbocycles. The number of benzene rings is 2. The molecule has 2 aromatic carbocycles. The molecular formula is C25H25F2N3O4S. The quantitative estimate of drug-likeness (QED) is 0.441. The first kappa shape index (κ1) is 24.6. The van der Waals surface area contributed by atoms with Crippen LogP contribution < -0.4 is 4.31 Å². The first-order chi connectivity index (χ1) is 16.7.